The summed E-state index contributed by atoms with van der Waals surface area (Å²) in [6.45, 7) is 0. The molecule has 1 amide bonds. The van der Waals surface area contributed by atoms with E-state index in [2.05, 4.69) is 22.1 Å². The molecule has 0 radical (unpaired) electrons. The molecule has 0 aliphatic carbocycles. The van der Waals surface area contributed by atoms with Crippen molar-refractivity contribution < 1.29 is 9.53 Å². The number of ether oxygens (including phenoxy) is 1. The van der Waals surface area contributed by atoms with Gasteiger partial charge in [0.2, 0.25) is 5.91 Å². The van der Waals surface area contributed by atoms with Crippen LogP contribution in [0.25, 0.3) is 11.0 Å². The van der Waals surface area contributed by atoms with E-state index in [0.29, 0.717) is 5.75 Å². The Balaban J connectivity index is 1.43. The average molecular weight is 416 g/mol. The number of rotatable bonds is 4. The van der Waals surface area contributed by atoms with Gasteiger partial charge in [-0.15, -0.1) is 0 Å². The predicted molar refractivity (Wildman–Crippen MR) is 121 cm³/mol. The first-order valence-corrected chi connectivity index (χ1v) is 10.9. The number of aromatic nitrogens is 2. The van der Waals surface area contributed by atoms with Crippen LogP contribution in [0, 0.1) is 0 Å². The molecular weight excluding hydrogens is 394 g/mol. The van der Waals surface area contributed by atoms with Crippen molar-refractivity contribution in [3.63, 3.8) is 0 Å². The summed E-state index contributed by atoms with van der Waals surface area (Å²) in [4.78, 5) is 23.2. The van der Waals surface area contributed by atoms with Crippen LogP contribution in [0.5, 0.6) is 5.75 Å². The molecule has 4 aromatic rings. The number of imidazole rings is 1. The number of aryl methyl sites for hydroxylation is 2. The van der Waals surface area contributed by atoms with E-state index in [-0.39, 0.29) is 5.91 Å². The maximum absolute atomic E-state index is 13.4. The van der Waals surface area contributed by atoms with E-state index in [1.165, 1.54) is 22.9 Å². The summed E-state index contributed by atoms with van der Waals surface area (Å²) in [6.07, 6.45) is 1.85. The molecule has 30 heavy (non-hydrogen) atoms. The first-order valence-electron chi connectivity index (χ1n) is 9.88. The van der Waals surface area contributed by atoms with Crippen LogP contribution in [0.15, 0.2) is 71.9 Å². The van der Waals surface area contributed by atoms with Gasteiger partial charge in [-0.3, -0.25) is 9.69 Å². The Morgan fingerprint density at radius 3 is 2.37 bits per heavy atom. The van der Waals surface area contributed by atoms with Gasteiger partial charge in [-0.1, -0.05) is 48.2 Å². The summed E-state index contributed by atoms with van der Waals surface area (Å²) in [5.41, 5.74) is 6.10. The molecule has 2 heterocycles. The van der Waals surface area contributed by atoms with Gasteiger partial charge in [-0.2, -0.15) is 0 Å². The second-order valence-corrected chi connectivity index (χ2v) is 8.16. The Morgan fingerprint density at radius 2 is 1.70 bits per heavy atom. The maximum atomic E-state index is 13.4. The number of anilines is 2. The molecule has 0 unspecified atom stereocenters. The van der Waals surface area contributed by atoms with Crippen LogP contribution in [0.1, 0.15) is 11.1 Å². The van der Waals surface area contributed by atoms with Crippen LogP contribution in [0.2, 0.25) is 0 Å². The predicted octanol–water partition coefficient (Wildman–Crippen LogP) is 5.13. The topological polar surface area (TPSA) is 58.2 Å². The SMILES string of the molecule is COc1ccc2nc(SCC(=O)N3c4ccccc4CCc4ccccc43)[nH]c2c1. The third kappa shape index (κ3) is 3.44. The molecule has 0 spiro atoms. The van der Waals surface area contributed by atoms with Crippen LogP contribution in [-0.4, -0.2) is 28.7 Å². The number of benzene rings is 3. The number of aromatic amines is 1. The summed E-state index contributed by atoms with van der Waals surface area (Å²) in [5.74, 6) is 1.11. The molecule has 6 heteroatoms. The highest BCUT2D eigenvalue weighted by Crippen LogP contribution is 2.36. The van der Waals surface area contributed by atoms with Crippen LogP contribution in [0.3, 0.4) is 0 Å². The van der Waals surface area contributed by atoms with Gasteiger partial charge in [0.25, 0.3) is 0 Å². The average Bonchev–Trinajstić information content (AvgIpc) is 3.11. The van der Waals surface area contributed by atoms with Gasteiger partial charge < -0.3 is 9.72 Å². The summed E-state index contributed by atoms with van der Waals surface area (Å²) < 4.78 is 5.27. The zero-order valence-corrected chi connectivity index (χ0v) is 17.4. The maximum Gasteiger partial charge on any atom is 0.242 e. The van der Waals surface area contributed by atoms with E-state index in [1.807, 2.05) is 59.5 Å². The number of hydrogen-bond acceptors (Lipinski definition) is 4. The Kier molecular flexibility index (Phi) is 4.93. The van der Waals surface area contributed by atoms with Crippen molar-refractivity contribution in [2.75, 3.05) is 17.8 Å². The number of nitrogens with one attached hydrogen (secondary N) is 1. The number of H-pyrrole nitrogens is 1. The third-order valence-electron chi connectivity index (χ3n) is 5.38. The lowest BCUT2D eigenvalue weighted by Crippen LogP contribution is -2.28. The van der Waals surface area contributed by atoms with Crippen LogP contribution in [0.4, 0.5) is 11.4 Å². The van der Waals surface area contributed by atoms with Gasteiger partial charge in [-0.25, -0.2) is 4.98 Å². The zero-order valence-electron chi connectivity index (χ0n) is 16.6. The van der Waals surface area contributed by atoms with Crippen LogP contribution in [-0.2, 0) is 17.6 Å². The van der Waals surface area contributed by atoms with Gasteiger partial charge in [0.05, 0.1) is 35.3 Å². The first kappa shape index (κ1) is 18.8. The minimum atomic E-state index is 0.0415. The highest BCUT2D eigenvalue weighted by atomic mass is 32.2. The third-order valence-corrected chi connectivity index (χ3v) is 6.24. The largest absolute Gasteiger partial charge is 0.497 e. The molecule has 1 aliphatic rings. The fourth-order valence-corrected chi connectivity index (χ4v) is 4.64. The number of amides is 1. The molecular formula is C24H21N3O2S. The standard InChI is InChI=1S/C24H21N3O2S/c1-29-18-12-13-19-20(14-18)26-24(25-19)30-15-23(28)27-21-8-4-2-6-16(21)10-11-17-7-3-5-9-22(17)27/h2-9,12-14H,10-11,15H2,1H3,(H,25,26). The highest BCUT2D eigenvalue weighted by molar-refractivity contribution is 7.99. The van der Waals surface area contributed by atoms with Crippen molar-refractivity contribution in [2.45, 2.75) is 18.0 Å². The number of carbonyl (C=O) groups is 1. The molecule has 1 aliphatic heterocycles. The second kappa shape index (κ2) is 7.88. The highest BCUT2D eigenvalue weighted by Gasteiger charge is 2.25. The van der Waals surface area contributed by atoms with Crippen LogP contribution < -0.4 is 9.64 Å². The molecule has 0 bridgehead atoms. The smallest absolute Gasteiger partial charge is 0.242 e. The lowest BCUT2D eigenvalue weighted by Gasteiger charge is -2.24. The van der Waals surface area contributed by atoms with E-state index in [9.17, 15) is 4.79 Å². The number of carbonyl (C=O) groups excluding carboxylic acids is 1. The molecule has 0 atom stereocenters. The molecule has 1 aromatic heterocycles. The lowest BCUT2D eigenvalue weighted by molar-refractivity contribution is -0.115. The lowest BCUT2D eigenvalue weighted by atomic mass is 10.0. The monoisotopic (exact) mass is 415 g/mol. The summed E-state index contributed by atoms with van der Waals surface area (Å²) in [7, 11) is 1.64. The van der Waals surface area contributed by atoms with Crippen LogP contribution >= 0.6 is 11.8 Å². The molecule has 3 aromatic carbocycles. The van der Waals surface area contributed by atoms with Crippen molar-refractivity contribution in [2.24, 2.45) is 0 Å². The fourth-order valence-electron chi connectivity index (χ4n) is 3.90. The van der Waals surface area contributed by atoms with E-state index < -0.39 is 0 Å². The van der Waals surface area contributed by atoms with Crippen molar-refractivity contribution in [3.8, 4) is 5.75 Å². The van der Waals surface area contributed by atoms with Gasteiger partial charge >= 0.3 is 0 Å². The second-order valence-electron chi connectivity index (χ2n) is 7.20. The van der Waals surface area contributed by atoms with E-state index in [4.69, 9.17) is 4.74 Å². The number of nitrogens with zero attached hydrogens (tertiary/aromatic N) is 2. The van der Waals surface area contributed by atoms with Crippen molar-refractivity contribution in [3.05, 3.63) is 77.9 Å². The van der Waals surface area contributed by atoms with Gasteiger partial charge in [-0.05, 0) is 48.2 Å². The van der Waals surface area contributed by atoms with Crippen molar-refractivity contribution in [1.82, 2.24) is 9.97 Å². The molecule has 1 N–H and O–H groups in total. The van der Waals surface area contributed by atoms with Crippen molar-refractivity contribution >= 4 is 40.1 Å². The molecule has 0 saturated heterocycles. The molecule has 0 saturated carbocycles. The molecule has 150 valence electrons. The number of thioether (sulfide) groups is 1. The first-order chi connectivity index (χ1) is 14.7. The summed E-state index contributed by atoms with van der Waals surface area (Å²) >= 11 is 1.42. The molecule has 5 rings (SSSR count). The Morgan fingerprint density at radius 1 is 1.03 bits per heavy atom. The number of methoxy groups -OCH3 is 1. The summed E-state index contributed by atoms with van der Waals surface area (Å²) in [5, 5.41) is 0.725. The van der Waals surface area contributed by atoms with E-state index >= 15 is 0 Å². The molecule has 0 fully saturated rings. The number of hydrogen-bond donors (Lipinski definition) is 1. The number of fused-ring (bicyclic) bond motifs is 3. The van der Waals surface area contributed by atoms with Gasteiger partial charge in [0.1, 0.15) is 5.75 Å². The Labute approximate surface area is 179 Å². The van der Waals surface area contributed by atoms with Crippen molar-refractivity contribution in [1.29, 1.82) is 0 Å². The fraction of sp³-hybridized carbons (Fsp3) is 0.167. The van der Waals surface area contributed by atoms with Gasteiger partial charge in [0.15, 0.2) is 5.16 Å². The normalized spacial score (nSPS) is 12.9. The van der Waals surface area contributed by atoms with E-state index in [1.54, 1.807) is 7.11 Å². The minimum absolute atomic E-state index is 0.0415. The molecule has 5 nitrogen and oxygen atoms in total. The van der Waals surface area contributed by atoms with Gasteiger partial charge in [0, 0.05) is 6.07 Å². The zero-order chi connectivity index (χ0) is 20.5. The minimum Gasteiger partial charge on any atom is -0.497 e. The van der Waals surface area contributed by atoms with E-state index in [0.717, 1.165) is 46.2 Å². The Bertz CT molecular complexity index is 1190. The quantitative estimate of drug-likeness (QED) is 0.470. The number of para-hydroxylation sites is 2. The summed E-state index contributed by atoms with van der Waals surface area (Å²) in [6, 6.07) is 22.1. The Hall–Kier alpha value is -3.25.